The number of carboxylic acids is 1. The maximum atomic E-state index is 12.5. The quantitative estimate of drug-likeness (QED) is 0.671. The summed E-state index contributed by atoms with van der Waals surface area (Å²) < 4.78 is 0. The number of amides is 1. The zero-order valence-corrected chi connectivity index (χ0v) is 12.1. The summed E-state index contributed by atoms with van der Waals surface area (Å²) in [4.78, 5) is 35.3. The third-order valence-corrected chi connectivity index (χ3v) is 4.36. The molecule has 0 radical (unpaired) electrons. The summed E-state index contributed by atoms with van der Waals surface area (Å²) in [6.07, 6.45) is 0. The van der Waals surface area contributed by atoms with Crippen LogP contribution in [-0.2, 0) is 4.79 Å². The van der Waals surface area contributed by atoms with Gasteiger partial charge in [0.15, 0.2) is 0 Å². The van der Waals surface area contributed by atoms with Crippen LogP contribution >= 0.6 is 11.8 Å². The standard InChI is InChI=1S/C13H14N2O5S/c1-8-2-3-9(15(19)20)6-10(8)12(16)14-4-5-21-7-11(14)13(17)18/h2-3,6,11H,4-5,7H2,1H3,(H,17,18). The number of nitrogens with zero attached hydrogens (tertiary/aromatic N) is 2. The number of hydrogen-bond acceptors (Lipinski definition) is 5. The van der Waals surface area contributed by atoms with E-state index < -0.39 is 22.8 Å². The Balaban J connectivity index is 2.36. The molecule has 1 aliphatic rings. The van der Waals surface area contributed by atoms with Crippen LogP contribution in [0.25, 0.3) is 0 Å². The van der Waals surface area contributed by atoms with Gasteiger partial charge in [0.05, 0.1) is 4.92 Å². The lowest BCUT2D eigenvalue weighted by atomic mass is 10.1. The highest BCUT2D eigenvalue weighted by Gasteiger charge is 2.33. The number of nitro benzene ring substituents is 1. The van der Waals surface area contributed by atoms with E-state index in [9.17, 15) is 24.8 Å². The molecule has 1 heterocycles. The van der Waals surface area contributed by atoms with Gasteiger partial charge in [0.2, 0.25) is 0 Å². The molecule has 1 aliphatic heterocycles. The number of carbonyl (C=O) groups excluding carboxylic acids is 1. The van der Waals surface area contributed by atoms with Gasteiger partial charge >= 0.3 is 5.97 Å². The second kappa shape index (κ2) is 6.13. The zero-order chi connectivity index (χ0) is 15.6. The number of aryl methyl sites for hydroxylation is 1. The third kappa shape index (κ3) is 3.15. The number of aliphatic carboxylic acids is 1. The molecule has 1 aromatic carbocycles. The molecule has 1 aromatic rings. The van der Waals surface area contributed by atoms with Gasteiger partial charge in [0.25, 0.3) is 11.6 Å². The maximum absolute atomic E-state index is 12.5. The largest absolute Gasteiger partial charge is 0.480 e. The number of carbonyl (C=O) groups is 2. The van der Waals surface area contributed by atoms with Crippen LogP contribution in [0.1, 0.15) is 15.9 Å². The Kier molecular flexibility index (Phi) is 4.46. The Morgan fingerprint density at radius 2 is 2.19 bits per heavy atom. The van der Waals surface area contributed by atoms with E-state index in [0.29, 0.717) is 23.6 Å². The van der Waals surface area contributed by atoms with Crippen LogP contribution in [0.3, 0.4) is 0 Å². The lowest BCUT2D eigenvalue weighted by molar-refractivity contribution is -0.384. The van der Waals surface area contributed by atoms with Crippen molar-refractivity contribution in [2.24, 2.45) is 0 Å². The highest BCUT2D eigenvalue weighted by atomic mass is 32.2. The molecule has 0 saturated carbocycles. The van der Waals surface area contributed by atoms with E-state index in [2.05, 4.69) is 0 Å². The van der Waals surface area contributed by atoms with Crippen molar-refractivity contribution < 1.29 is 19.6 Å². The number of non-ortho nitro benzene ring substituents is 1. The number of thioether (sulfide) groups is 1. The Morgan fingerprint density at radius 3 is 2.81 bits per heavy atom. The number of rotatable bonds is 3. The molecular formula is C13H14N2O5S. The Morgan fingerprint density at radius 1 is 1.48 bits per heavy atom. The lowest BCUT2D eigenvalue weighted by Gasteiger charge is -2.32. The smallest absolute Gasteiger partial charge is 0.327 e. The Labute approximate surface area is 125 Å². The van der Waals surface area contributed by atoms with Gasteiger partial charge in [-0.3, -0.25) is 14.9 Å². The summed E-state index contributed by atoms with van der Waals surface area (Å²) >= 11 is 1.48. The fourth-order valence-corrected chi connectivity index (χ4v) is 3.20. The fourth-order valence-electron chi connectivity index (χ4n) is 2.16. The summed E-state index contributed by atoms with van der Waals surface area (Å²) in [6.45, 7) is 1.99. The van der Waals surface area contributed by atoms with Crippen molar-refractivity contribution in [1.29, 1.82) is 0 Å². The molecule has 1 N–H and O–H groups in total. The van der Waals surface area contributed by atoms with Crippen molar-refractivity contribution in [2.75, 3.05) is 18.1 Å². The van der Waals surface area contributed by atoms with Crippen LogP contribution < -0.4 is 0 Å². The molecule has 1 unspecified atom stereocenters. The molecule has 1 atom stereocenters. The van der Waals surface area contributed by atoms with E-state index >= 15 is 0 Å². The minimum absolute atomic E-state index is 0.179. The van der Waals surface area contributed by atoms with Crippen molar-refractivity contribution in [3.8, 4) is 0 Å². The molecule has 7 nitrogen and oxygen atoms in total. The van der Waals surface area contributed by atoms with E-state index in [1.54, 1.807) is 6.92 Å². The predicted molar refractivity (Wildman–Crippen MR) is 77.6 cm³/mol. The van der Waals surface area contributed by atoms with E-state index in [0.717, 1.165) is 0 Å². The second-order valence-electron chi connectivity index (χ2n) is 4.68. The van der Waals surface area contributed by atoms with Crippen LogP contribution in [0.15, 0.2) is 18.2 Å². The topological polar surface area (TPSA) is 101 Å². The Hall–Kier alpha value is -2.09. The molecular weight excluding hydrogens is 296 g/mol. The lowest BCUT2D eigenvalue weighted by Crippen LogP contribution is -2.50. The van der Waals surface area contributed by atoms with Gasteiger partial charge in [-0.2, -0.15) is 11.8 Å². The van der Waals surface area contributed by atoms with Crippen molar-refractivity contribution in [1.82, 2.24) is 4.90 Å². The zero-order valence-electron chi connectivity index (χ0n) is 11.3. The van der Waals surface area contributed by atoms with Crippen LogP contribution in [0.5, 0.6) is 0 Å². The van der Waals surface area contributed by atoms with Crippen molar-refractivity contribution in [3.05, 3.63) is 39.4 Å². The molecule has 0 spiro atoms. The molecule has 1 saturated heterocycles. The average Bonchev–Trinajstić information content (AvgIpc) is 2.46. The summed E-state index contributed by atoms with van der Waals surface area (Å²) in [5, 5.41) is 20.0. The third-order valence-electron chi connectivity index (χ3n) is 3.34. The number of carboxylic acid groups (broad SMARTS) is 1. The summed E-state index contributed by atoms with van der Waals surface area (Å²) in [6, 6.07) is 3.14. The van der Waals surface area contributed by atoms with Crippen molar-refractivity contribution in [2.45, 2.75) is 13.0 Å². The number of hydrogen-bond donors (Lipinski definition) is 1. The van der Waals surface area contributed by atoms with Gasteiger partial charge in [-0.05, 0) is 12.5 Å². The molecule has 21 heavy (non-hydrogen) atoms. The van der Waals surface area contributed by atoms with Crippen LogP contribution in [0.2, 0.25) is 0 Å². The minimum atomic E-state index is -1.06. The van der Waals surface area contributed by atoms with Gasteiger partial charge in [-0.1, -0.05) is 6.07 Å². The Bertz CT molecular complexity index is 604. The fraction of sp³-hybridized carbons (Fsp3) is 0.385. The molecule has 0 bridgehead atoms. The first-order valence-corrected chi connectivity index (χ1v) is 7.44. The van der Waals surface area contributed by atoms with Gasteiger partial charge < -0.3 is 10.0 Å². The summed E-state index contributed by atoms with van der Waals surface area (Å²) in [5.74, 6) is -0.541. The van der Waals surface area contributed by atoms with Crippen molar-refractivity contribution in [3.63, 3.8) is 0 Å². The first kappa shape index (κ1) is 15.3. The van der Waals surface area contributed by atoms with Gasteiger partial charge in [0, 0.05) is 35.7 Å². The van der Waals surface area contributed by atoms with E-state index in [4.69, 9.17) is 0 Å². The predicted octanol–water partition coefficient (Wildman–Crippen LogP) is 1.55. The molecule has 8 heteroatoms. The summed E-state index contributed by atoms with van der Waals surface area (Å²) in [7, 11) is 0. The van der Waals surface area contributed by atoms with Gasteiger partial charge in [0.1, 0.15) is 6.04 Å². The molecule has 0 aliphatic carbocycles. The van der Waals surface area contributed by atoms with E-state index in [-0.39, 0.29) is 11.3 Å². The first-order chi connectivity index (χ1) is 9.91. The van der Waals surface area contributed by atoms with Crippen LogP contribution in [-0.4, -0.2) is 50.9 Å². The molecule has 112 valence electrons. The molecule has 0 aromatic heterocycles. The number of nitro groups is 1. The molecule has 1 fully saturated rings. The minimum Gasteiger partial charge on any atom is -0.480 e. The van der Waals surface area contributed by atoms with Crippen LogP contribution in [0.4, 0.5) is 5.69 Å². The van der Waals surface area contributed by atoms with Crippen molar-refractivity contribution >= 4 is 29.3 Å². The second-order valence-corrected chi connectivity index (χ2v) is 5.83. The average molecular weight is 310 g/mol. The van der Waals surface area contributed by atoms with Gasteiger partial charge in [-0.25, -0.2) is 4.79 Å². The van der Waals surface area contributed by atoms with E-state index in [1.807, 2.05) is 0 Å². The molecule has 2 rings (SSSR count). The monoisotopic (exact) mass is 310 g/mol. The summed E-state index contributed by atoms with van der Waals surface area (Å²) in [5.41, 5.74) is 0.595. The molecule has 1 amide bonds. The maximum Gasteiger partial charge on any atom is 0.327 e. The number of benzene rings is 1. The van der Waals surface area contributed by atoms with E-state index in [1.165, 1.54) is 34.9 Å². The van der Waals surface area contributed by atoms with Crippen LogP contribution in [0, 0.1) is 17.0 Å². The van der Waals surface area contributed by atoms with Gasteiger partial charge in [-0.15, -0.1) is 0 Å². The first-order valence-electron chi connectivity index (χ1n) is 6.28. The normalized spacial score (nSPS) is 18.3. The highest BCUT2D eigenvalue weighted by Crippen LogP contribution is 2.23. The SMILES string of the molecule is Cc1ccc([N+](=O)[O-])cc1C(=O)N1CCSCC1C(=O)O. The highest BCUT2D eigenvalue weighted by molar-refractivity contribution is 7.99.